The molecule has 1 fully saturated rings. The van der Waals surface area contributed by atoms with Crippen molar-refractivity contribution in [1.82, 2.24) is 0 Å². The monoisotopic (exact) mass is 331 g/mol. The molecule has 2 rings (SSSR count). The van der Waals surface area contributed by atoms with Gasteiger partial charge < -0.3 is 9.84 Å². The fraction of sp³-hybridized carbons (Fsp3) is 0.529. The van der Waals surface area contributed by atoms with E-state index in [2.05, 4.69) is 10.0 Å². The second-order valence-corrected chi connectivity index (χ2v) is 5.87. The summed E-state index contributed by atoms with van der Waals surface area (Å²) in [5.41, 5.74) is 7.51. The minimum atomic E-state index is -1.63. The summed E-state index contributed by atoms with van der Waals surface area (Å²) >= 11 is 0. The number of hydrogen-bond donors (Lipinski definition) is 1. The van der Waals surface area contributed by atoms with Gasteiger partial charge >= 0.3 is 5.97 Å². The molecular weight excluding hydrogens is 310 g/mol. The van der Waals surface area contributed by atoms with Crippen molar-refractivity contribution in [3.05, 3.63) is 46.3 Å². The molecule has 1 aliphatic rings. The molecule has 0 saturated heterocycles. The Morgan fingerprint density at radius 3 is 2.75 bits per heavy atom. The van der Waals surface area contributed by atoms with Gasteiger partial charge in [-0.1, -0.05) is 41.9 Å². The van der Waals surface area contributed by atoms with Crippen molar-refractivity contribution >= 4 is 11.8 Å². The van der Waals surface area contributed by atoms with Crippen LogP contribution >= 0.6 is 0 Å². The number of azide groups is 1. The number of rotatable bonds is 6. The van der Waals surface area contributed by atoms with Crippen LogP contribution in [0, 0.1) is 11.8 Å². The van der Waals surface area contributed by atoms with Crippen LogP contribution in [0.5, 0.6) is 0 Å². The summed E-state index contributed by atoms with van der Waals surface area (Å²) in [7, 11) is 0. The Labute approximate surface area is 140 Å². The molecule has 0 amide bonds. The third-order valence-corrected chi connectivity index (χ3v) is 4.47. The maximum atomic E-state index is 12.8. The largest absolute Gasteiger partial charge is 0.465 e. The molecule has 0 bridgehead atoms. The molecule has 3 unspecified atom stereocenters. The average molecular weight is 331 g/mol. The summed E-state index contributed by atoms with van der Waals surface area (Å²) in [5, 5.41) is 14.7. The lowest BCUT2D eigenvalue weighted by Gasteiger charge is -2.38. The Hall–Kier alpha value is -2.37. The number of nitrogens with zero attached hydrogens (tertiary/aromatic N) is 3. The van der Waals surface area contributed by atoms with Gasteiger partial charge in [0, 0.05) is 4.91 Å². The minimum Gasteiger partial charge on any atom is -0.465 e. The zero-order valence-electron chi connectivity index (χ0n) is 13.6. The van der Waals surface area contributed by atoms with Crippen molar-refractivity contribution in [1.29, 1.82) is 0 Å². The summed E-state index contributed by atoms with van der Waals surface area (Å²) in [6.07, 6.45) is 1.47. The summed E-state index contributed by atoms with van der Waals surface area (Å²) in [4.78, 5) is 27.6. The summed E-state index contributed by atoms with van der Waals surface area (Å²) in [6, 6.07) is 8.66. The number of ketones is 1. The van der Waals surface area contributed by atoms with Crippen molar-refractivity contribution in [2.24, 2.45) is 17.0 Å². The second kappa shape index (κ2) is 7.95. The van der Waals surface area contributed by atoms with Gasteiger partial charge in [0.2, 0.25) is 0 Å². The van der Waals surface area contributed by atoms with Crippen LogP contribution in [0.1, 0.15) is 31.7 Å². The fourth-order valence-electron chi connectivity index (χ4n) is 3.27. The number of aliphatic hydroxyl groups is 1. The number of carbonyl (C=O) groups is 2. The van der Waals surface area contributed by atoms with E-state index in [-0.39, 0.29) is 18.9 Å². The molecular formula is C17H21N3O4. The van der Waals surface area contributed by atoms with Crippen molar-refractivity contribution < 1.29 is 19.4 Å². The molecule has 24 heavy (non-hydrogen) atoms. The molecule has 1 aliphatic carbocycles. The van der Waals surface area contributed by atoms with Crippen LogP contribution in [0.4, 0.5) is 0 Å². The molecule has 7 heteroatoms. The Kier molecular flexibility index (Phi) is 5.95. The van der Waals surface area contributed by atoms with Gasteiger partial charge in [-0.2, -0.15) is 0 Å². The SMILES string of the molecule is CCOC(=O)C1CCCC(C(O)(CN=[N+]=[N-])c2ccccc2)C1=O. The number of benzene rings is 1. The highest BCUT2D eigenvalue weighted by atomic mass is 16.5. The normalized spacial score (nSPS) is 23.0. The minimum absolute atomic E-state index is 0.203. The van der Waals surface area contributed by atoms with Crippen LogP contribution in [0.15, 0.2) is 35.4 Å². The van der Waals surface area contributed by atoms with E-state index >= 15 is 0 Å². The van der Waals surface area contributed by atoms with E-state index < -0.39 is 23.4 Å². The molecule has 0 radical (unpaired) electrons. The number of hydrogen-bond acceptors (Lipinski definition) is 5. The van der Waals surface area contributed by atoms with Crippen LogP contribution in [-0.2, 0) is 19.9 Å². The highest BCUT2D eigenvalue weighted by Crippen LogP contribution is 2.40. The van der Waals surface area contributed by atoms with Gasteiger partial charge in [-0.3, -0.25) is 9.59 Å². The predicted octanol–water partition coefficient (Wildman–Crippen LogP) is 2.73. The molecule has 0 aromatic heterocycles. The van der Waals surface area contributed by atoms with Crippen LogP contribution in [-0.4, -0.2) is 30.0 Å². The van der Waals surface area contributed by atoms with E-state index in [1.54, 1.807) is 37.3 Å². The standard InChI is InChI=1S/C17H21N3O4/c1-2-24-16(22)13-9-6-10-14(15(13)21)17(23,11-19-20-18)12-7-4-3-5-8-12/h3-5,7-8,13-14,23H,2,6,9-11H2,1H3. The van der Waals surface area contributed by atoms with Crippen LogP contribution in [0.2, 0.25) is 0 Å². The van der Waals surface area contributed by atoms with Crippen LogP contribution in [0.25, 0.3) is 10.4 Å². The van der Waals surface area contributed by atoms with Crippen molar-refractivity contribution in [2.45, 2.75) is 31.8 Å². The molecule has 1 saturated carbocycles. The van der Waals surface area contributed by atoms with E-state index in [4.69, 9.17) is 10.3 Å². The molecule has 3 atom stereocenters. The zero-order chi connectivity index (χ0) is 17.6. The number of esters is 1. The first-order chi connectivity index (χ1) is 11.5. The second-order valence-electron chi connectivity index (χ2n) is 5.87. The number of ether oxygens (including phenoxy) is 1. The quantitative estimate of drug-likeness (QED) is 0.284. The van der Waals surface area contributed by atoms with E-state index in [9.17, 15) is 14.7 Å². The van der Waals surface area contributed by atoms with Crippen molar-refractivity contribution in [2.75, 3.05) is 13.2 Å². The smallest absolute Gasteiger partial charge is 0.316 e. The number of Topliss-reactive ketones (excluding diaryl/α,β-unsaturated/α-hetero) is 1. The Balaban J connectivity index is 2.37. The third-order valence-electron chi connectivity index (χ3n) is 4.47. The molecule has 7 nitrogen and oxygen atoms in total. The molecule has 128 valence electrons. The van der Waals surface area contributed by atoms with Gasteiger partial charge in [0.1, 0.15) is 11.5 Å². The third kappa shape index (κ3) is 3.58. The van der Waals surface area contributed by atoms with E-state index in [1.807, 2.05) is 0 Å². The highest BCUT2D eigenvalue weighted by Gasteiger charge is 2.48. The topological polar surface area (TPSA) is 112 Å². The first kappa shape index (κ1) is 18.0. The fourth-order valence-corrected chi connectivity index (χ4v) is 3.27. The first-order valence-corrected chi connectivity index (χ1v) is 8.03. The van der Waals surface area contributed by atoms with Gasteiger partial charge in [-0.05, 0) is 30.9 Å². The van der Waals surface area contributed by atoms with Crippen molar-refractivity contribution in [3.8, 4) is 0 Å². The Bertz CT molecular complexity index is 642. The maximum Gasteiger partial charge on any atom is 0.316 e. The average Bonchev–Trinajstić information content (AvgIpc) is 2.60. The number of carbonyl (C=O) groups excluding carboxylic acids is 2. The molecule has 1 N–H and O–H groups in total. The Morgan fingerprint density at radius 1 is 1.42 bits per heavy atom. The van der Waals surface area contributed by atoms with Crippen LogP contribution in [0.3, 0.4) is 0 Å². The lowest BCUT2D eigenvalue weighted by Crippen LogP contribution is -2.48. The Morgan fingerprint density at radius 2 is 2.12 bits per heavy atom. The summed E-state index contributed by atoms with van der Waals surface area (Å²) < 4.78 is 4.98. The van der Waals surface area contributed by atoms with Gasteiger partial charge in [-0.25, -0.2) is 0 Å². The van der Waals surface area contributed by atoms with Gasteiger partial charge in [0.25, 0.3) is 0 Å². The summed E-state index contributed by atoms with van der Waals surface area (Å²) in [5.74, 6) is -2.58. The maximum absolute atomic E-state index is 12.8. The molecule has 0 aliphatic heterocycles. The lowest BCUT2D eigenvalue weighted by atomic mass is 9.69. The van der Waals surface area contributed by atoms with Gasteiger partial charge in [0.15, 0.2) is 5.78 Å². The van der Waals surface area contributed by atoms with Crippen LogP contribution < -0.4 is 0 Å². The molecule has 0 spiro atoms. The zero-order valence-corrected chi connectivity index (χ0v) is 13.6. The predicted molar refractivity (Wildman–Crippen MR) is 86.8 cm³/mol. The highest BCUT2D eigenvalue weighted by molar-refractivity contribution is 6.01. The molecule has 1 aromatic rings. The van der Waals surface area contributed by atoms with Gasteiger partial charge in [0.05, 0.1) is 19.1 Å². The lowest BCUT2D eigenvalue weighted by molar-refractivity contribution is -0.158. The first-order valence-electron chi connectivity index (χ1n) is 8.03. The molecule has 1 aromatic carbocycles. The summed E-state index contributed by atoms with van der Waals surface area (Å²) in [6.45, 7) is 1.62. The van der Waals surface area contributed by atoms with Gasteiger partial charge in [-0.15, -0.1) is 0 Å². The molecule has 0 heterocycles. The van der Waals surface area contributed by atoms with E-state index in [0.717, 1.165) is 0 Å². The van der Waals surface area contributed by atoms with Crippen molar-refractivity contribution in [3.63, 3.8) is 0 Å². The van der Waals surface area contributed by atoms with E-state index in [0.29, 0.717) is 24.8 Å². The van der Waals surface area contributed by atoms with E-state index in [1.165, 1.54) is 0 Å².